The Morgan fingerprint density at radius 2 is 2.14 bits per heavy atom. The Balaban J connectivity index is 2.19. The molecule has 0 bridgehead atoms. The number of terminal acetylenes is 1. The first kappa shape index (κ1) is 11.6. The minimum Gasteiger partial charge on any atom is -0.303 e. The Hall–Kier alpha value is -0.520. The van der Waals surface area contributed by atoms with Crippen LogP contribution in [0, 0.1) is 12.3 Å². The van der Waals surface area contributed by atoms with E-state index >= 15 is 0 Å². The third-order valence-electron chi connectivity index (χ3n) is 2.86. The summed E-state index contributed by atoms with van der Waals surface area (Å²) in [6, 6.07) is 0.854. The molecule has 1 heterocycles. The minimum atomic E-state index is 0.220. The molecule has 0 radical (unpaired) electrons. The molecule has 0 aromatic carbocycles. The van der Waals surface area contributed by atoms with Crippen molar-refractivity contribution in [2.45, 2.75) is 45.2 Å². The van der Waals surface area contributed by atoms with Crippen LogP contribution in [0.25, 0.3) is 0 Å². The van der Waals surface area contributed by atoms with E-state index in [1.807, 2.05) is 0 Å². The van der Waals surface area contributed by atoms with E-state index in [1.54, 1.807) is 0 Å². The molecule has 14 heavy (non-hydrogen) atoms. The zero-order chi connectivity index (χ0) is 10.4. The number of nitrogens with one attached hydrogen (secondary N) is 1. The maximum Gasteiger partial charge on any atom is 0.0660 e. The van der Waals surface area contributed by atoms with E-state index in [0.717, 1.165) is 0 Å². The van der Waals surface area contributed by atoms with Crippen molar-refractivity contribution >= 4 is 0 Å². The van der Waals surface area contributed by atoms with Crippen LogP contribution in [-0.2, 0) is 0 Å². The fraction of sp³-hybridized carbons (Fsp3) is 0.833. The summed E-state index contributed by atoms with van der Waals surface area (Å²) < 4.78 is 0. The summed E-state index contributed by atoms with van der Waals surface area (Å²) in [6.45, 7) is 7.99. The largest absolute Gasteiger partial charge is 0.303 e. The van der Waals surface area contributed by atoms with Gasteiger partial charge in [0.1, 0.15) is 0 Å². The molecule has 0 aliphatic carbocycles. The molecule has 1 aliphatic heterocycles. The van der Waals surface area contributed by atoms with Crippen molar-refractivity contribution in [2.24, 2.45) is 0 Å². The third-order valence-corrected chi connectivity index (χ3v) is 2.86. The first-order chi connectivity index (χ1) is 6.76. The van der Waals surface area contributed by atoms with E-state index in [9.17, 15) is 0 Å². The van der Waals surface area contributed by atoms with Crippen molar-refractivity contribution in [1.29, 1.82) is 0 Å². The highest BCUT2D eigenvalue weighted by atomic mass is 15.1. The number of hydrogen-bond acceptors (Lipinski definition) is 2. The zero-order valence-electron chi connectivity index (χ0n) is 9.42. The average Bonchev–Trinajstić information content (AvgIpc) is 2.21. The molecular weight excluding hydrogens is 172 g/mol. The minimum absolute atomic E-state index is 0.220. The molecule has 1 N–H and O–H groups in total. The van der Waals surface area contributed by atoms with Crippen LogP contribution in [0.2, 0.25) is 0 Å². The van der Waals surface area contributed by atoms with Crippen molar-refractivity contribution in [1.82, 2.24) is 10.2 Å². The van der Waals surface area contributed by atoms with Gasteiger partial charge in [0.05, 0.1) is 6.04 Å². The molecule has 0 aromatic rings. The topological polar surface area (TPSA) is 15.3 Å². The number of hydrogen-bond donors (Lipinski definition) is 1. The highest BCUT2D eigenvalue weighted by Gasteiger charge is 2.18. The van der Waals surface area contributed by atoms with Gasteiger partial charge in [-0.15, -0.1) is 6.42 Å². The van der Waals surface area contributed by atoms with Crippen LogP contribution in [0.15, 0.2) is 0 Å². The Labute approximate surface area is 88.1 Å². The number of likely N-dealkylation sites (tertiary alicyclic amines) is 1. The van der Waals surface area contributed by atoms with Crippen LogP contribution in [-0.4, -0.2) is 36.6 Å². The van der Waals surface area contributed by atoms with Crippen LogP contribution in [0.1, 0.15) is 33.1 Å². The molecule has 0 aromatic heterocycles. The van der Waals surface area contributed by atoms with Crippen LogP contribution in [0.3, 0.4) is 0 Å². The van der Waals surface area contributed by atoms with E-state index in [1.165, 1.54) is 38.9 Å². The molecule has 0 spiro atoms. The fourth-order valence-electron chi connectivity index (χ4n) is 2.04. The lowest BCUT2D eigenvalue weighted by Gasteiger charge is -2.32. The van der Waals surface area contributed by atoms with Gasteiger partial charge in [-0.2, -0.15) is 0 Å². The van der Waals surface area contributed by atoms with E-state index in [0.29, 0.717) is 6.04 Å². The second kappa shape index (κ2) is 6.06. The quantitative estimate of drug-likeness (QED) is 0.682. The normalized spacial score (nSPS) is 21.8. The average molecular weight is 194 g/mol. The van der Waals surface area contributed by atoms with Gasteiger partial charge >= 0.3 is 0 Å². The summed E-state index contributed by atoms with van der Waals surface area (Å²) >= 11 is 0. The van der Waals surface area contributed by atoms with Gasteiger partial charge < -0.3 is 10.2 Å². The molecular formula is C12H22N2. The van der Waals surface area contributed by atoms with Gasteiger partial charge in [-0.25, -0.2) is 0 Å². The third kappa shape index (κ3) is 3.69. The Morgan fingerprint density at radius 1 is 1.50 bits per heavy atom. The molecule has 1 rings (SSSR count). The molecule has 1 unspecified atom stereocenters. The summed E-state index contributed by atoms with van der Waals surface area (Å²) in [7, 11) is 0. The van der Waals surface area contributed by atoms with Crippen LogP contribution >= 0.6 is 0 Å². The maximum atomic E-state index is 5.34. The molecule has 1 atom stereocenters. The molecule has 2 nitrogen and oxygen atoms in total. The van der Waals surface area contributed by atoms with E-state index in [-0.39, 0.29) is 6.04 Å². The molecule has 1 fully saturated rings. The number of rotatable bonds is 4. The van der Waals surface area contributed by atoms with Gasteiger partial charge in [-0.05, 0) is 45.8 Å². The lowest BCUT2D eigenvalue weighted by Crippen LogP contribution is -2.45. The lowest BCUT2D eigenvalue weighted by atomic mass is 10.0. The molecule has 80 valence electrons. The first-order valence-corrected chi connectivity index (χ1v) is 5.70. The van der Waals surface area contributed by atoms with Gasteiger partial charge in [-0.1, -0.05) is 12.8 Å². The highest BCUT2D eigenvalue weighted by molar-refractivity contribution is 4.97. The smallest absolute Gasteiger partial charge is 0.0660 e. The maximum absolute atomic E-state index is 5.34. The van der Waals surface area contributed by atoms with Crippen LogP contribution in [0.5, 0.6) is 0 Å². The lowest BCUT2D eigenvalue weighted by molar-refractivity contribution is 0.196. The van der Waals surface area contributed by atoms with Gasteiger partial charge in [0, 0.05) is 6.04 Å². The van der Waals surface area contributed by atoms with Crippen molar-refractivity contribution in [2.75, 3.05) is 19.6 Å². The van der Waals surface area contributed by atoms with E-state index < -0.39 is 0 Å². The summed E-state index contributed by atoms with van der Waals surface area (Å²) in [5.74, 6) is 2.72. The standard InChI is InChI=1S/C12H22N2/c1-4-8-14-9-6-12(7-10-14)13-11(3)5-2/h2,11-13H,4,6-10H2,1,3H3. The molecule has 0 amide bonds. The van der Waals surface area contributed by atoms with Crippen molar-refractivity contribution in [3.63, 3.8) is 0 Å². The SMILES string of the molecule is C#CC(C)NC1CCN(CCC)CC1. The summed E-state index contributed by atoms with van der Waals surface area (Å²) in [4.78, 5) is 2.54. The van der Waals surface area contributed by atoms with Gasteiger partial charge in [0.2, 0.25) is 0 Å². The van der Waals surface area contributed by atoms with Crippen molar-refractivity contribution in [3.8, 4) is 12.3 Å². The van der Waals surface area contributed by atoms with Gasteiger partial charge in [0.25, 0.3) is 0 Å². The van der Waals surface area contributed by atoms with E-state index in [4.69, 9.17) is 6.42 Å². The van der Waals surface area contributed by atoms with Crippen molar-refractivity contribution in [3.05, 3.63) is 0 Å². The highest BCUT2D eigenvalue weighted by Crippen LogP contribution is 2.10. The summed E-state index contributed by atoms with van der Waals surface area (Å²) in [5.41, 5.74) is 0. The first-order valence-electron chi connectivity index (χ1n) is 5.70. The predicted molar refractivity (Wildman–Crippen MR) is 61.2 cm³/mol. The second-order valence-corrected chi connectivity index (χ2v) is 4.17. The van der Waals surface area contributed by atoms with Gasteiger partial charge in [0.15, 0.2) is 0 Å². The van der Waals surface area contributed by atoms with E-state index in [2.05, 4.69) is 30.0 Å². The Morgan fingerprint density at radius 3 is 2.64 bits per heavy atom. The predicted octanol–water partition coefficient (Wildman–Crippen LogP) is 1.47. The summed E-state index contributed by atoms with van der Waals surface area (Å²) in [6.07, 6.45) is 9.09. The monoisotopic (exact) mass is 194 g/mol. The second-order valence-electron chi connectivity index (χ2n) is 4.17. The molecule has 1 aliphatic rings. The Bertz CT molecular complexity index is 187. The number of piperidine rings is 1. The number of nitrogens with zero attached hydrogens (tertiary/aromatic N) is 1. The van der Waals surface area contributed by atoms with Crippen molar-refractivity contribution < 1.29 is 0 Å². The van der Waals surface area contributed by atoms with Gasteiger partial charge in [-0.3, -0.25) is 0 Å². The molecule has 1 saturated heterocycles. The molecule has 2 heteroatoms. The van der Waals surface area contributed by atoms with Crippen LogP contribution < -0.4 is 5.32 Å². The Kier molecular flexibility index (Phi) is 5.00. The summed E-state index contributed by atoms with van der Waals surface area (Å²) in [5, 5.41) is 3.47. The fourth-order valence-corrected chi connectivity index (χ4v) is 2.04. The van der Waals surface area contributed by atoms with Crippen LogP contribution in [0.4, 0.5) is 0 Å². The molecule has 0 saturated carbocycles. The zero-order valence-corrected chi connectivity index (χ0v) is 9.42.